The van der Waals surface area contributed by atoms with Gasteiger partial charge < -0.3 is 9.13 Å². The summed E-state index contributed by atoms with van der Waals surface area (Å²) in [6.45, 7) is 5.95. The van der Waals surface area contributed by atoms with Crippen molar-refractivity contribution in [3.05, 3.63) is 85.4 Å². The Morgan fingerprint density at radius 3 is 2.36 bits per heavy atom. The van der Waals surface area contributed by atoms with Crippen molar-refractivity contribution in [2.45, 2.75) is 6.92 Å². The molecule has 3 heteroatoms. The molecule has 3 nitrogen and oxygen atoms in total. The second-order valence-electron chi connectivity index (χ2n) is 5.44. The Kier molecular flexibility index (Phi) is 2.86. The number of hydrogen-bond donors (Lipinski definition) is 0. The fraction of sp³-hybridized carbons (Fsp3) is 0.0526. The lowest BCUT2D eigenvalue weighted by atomic mass is 10.2. The summed E-state index contributed by atoms with van der Waals surface area (Å²) in [4.78, 5) is 4.29. The first kappa shape index (κ1) is 12.9. The Morgan fingerprint density at radius 1 is 0.864 bits per heavy atom. The van der Waals surface area contributed by atoms with Crippen molar-refractivity contribution in [3.8, 4) is 11.4 Å². The van der Waals surface area contributed by atoms with Crippen LogP contribution in [0.4, 0.5) is 0 Å². The van der Waals surface area contributed by atoms with Crippen LogP contribution in [0.15, 0.2) is 67.1 Å². The third-order valence-electron chi connectivity index (χ3n) is 3.99. The number of fused-ring (bicyclic) bond motifs is 1. The predicted molar refractivity (Wildman–Crippen MR) is 89.6 cm³/mol. The number of rotatable bonds is 2. The van der Waals surface area contributed by atoms with E-state index in [0.29, 0.717) is 0 Å². The third-order valence-corrected chi connectivity index (χ3v) is 3.99. The highest BCUT2D eigenvalue weighted by Crippen LogP contribution is 2.24. The molecule has 0 aliphatic carbocycles. The van der Waals surface area contributed by atoms with Gasteiger partial charge >= 0.3 is 0 Å². The van der Waals surface area contributed by atoms with Gasteiger partial charge in [0.15, 0.2) is 0 Å². The zero-order valence-electron chi connectivity index (χ0n) is 12.4. The monoisotopic (exact) mass is 286 g/mol. The second-order valence-corrected chi connectivity index (χ2v) is 5.44. The Balaban J connectivity index is 1.84. The molecule has 4 rings (SSSR count). The Morgan fingerprint density at radius 2 is 1.64 bits per heavy atom. The number of nitrogens with zero attached hydrogens (tertiary/aromatic N) is 3. The van der Waals surface area contributed by atoms with Gasteiger partial charge in [0.2, 0.25) is 0 Å². The molecule has 0 fully saturated rings. The molecule has 0 unspecified atom stereocenters. The first-order chi connectivity index (χ1) is 10.7. The first-order valence-electron chi connectivity index (χ1n) is 7.26. The molecule has 22 heavy (non-hydrogen) atoms. The van der Waals surface area contributed by atoms with Crippen LogP contribution in [-0.2, 0) is 0 Å². The molecule has 2 aromatic carbocycles. The van der Waals surface area contributed by atoms with E-state index in [9.17, 15) is 0 Å². The minimum absolute atomic E-state index is 0.991. The van der Waals surface area contributed by atoms with Crippen LogP contribution in [0.3, 0.4) is 0 Å². The van der Waals surface area contributed by atoms with Gasteiger partial charge in [-0.1, -0.05) is 12.1 Å². The van der Waals surface area contributed by atoms with Gasteiger partial charge in [-0.25, -0.2) is 4.98 Å². The molecule has 0 saturated carbocycles. The van der Waals surface area contributed by atoms with Crippen molar-refractivity contribution in [2.24, 2.45) is 0 Å². The molecule has 2 aromatic heterocycles. The van der Waals surface area contributed by atoms with Crippen LogP contribution in [-0.4, -0.2) is 14.1 Å². The van der Waals surface area contributed by atoms with Crippen LogP contribution in [0.2, 0.25) is 0 Å². The topological polar surface area (TPSA) is 22.8 Å². The standard InChI is InChI=1S/C19H16N3/c1-14-3-5-17(6-4-14)22-11-9-16-13-18(7-8-19(16)22)21-12-10-20-15(21)2/h3-13H,1H2,2H3. The maximum atomic E-state index is 4.29. The largest absolute Gasteiger partial charge is 0.317 e. The van der Waals surface area contributed by atoms with Gasteiger partial charge in [-0.3, -0.25) is 0 Å². The predicted octanol–water partition coefficient (Wildman–Crippen LogP) is 4.31. The van der Waals surface area contributed by atoms with Gasteiger partial charge in [-0.15, -0.1) is 0 Å². The average molecular weight is 286 g/mol. The maximum absolute atomic E-state index is 4.29. The van der Waals surface area contributed by atoms with Crippen LogP contribution in [0.25, 0.3) is 22.3 Å². The van der Waals surface area contributed by atoms with Crippen molar-refractivity contribution >= 4 is 10.9 Å². The van der Waals surface area contributed by atoms with Gasteiger partial charge in [0.05, 0.1) is 5.52 Å². The Labute approximate surface area is 129 Å². The van der Waals surface area contributed by atoms with Crippen LogP contribution < -0.4 is 0 Å². The van der Waals surface area contributed by atoms with E-state index in [2.05, 4.69) is 63.6 Å². The number of imidazole rings is 1. The van der Waals surface area contributed by atoms with Crippen molar-refractivity contribution in [2.75, 3.05) is 0 Å². The zero-order valence-corrected chi connectivity index (χ0v) is 12.4. The summed E-state index contributed by atoms with van der Waals surface area (Å²) in [5.41, 5.74) is 4.50. The molecule has 107 valence electrons. The summed E-state index contributed by atoms with van der Waals surface area (Å²) in [6, 6.07) is 16.9. The van der Waals surface area contributed by atoms with E-state index in [1.807, 2.05) is 31.5 Å². The van der Waals surface area contributed by atoms with E-state index < -0.39 is 0 Å². The molecular formula is C19H16N3. The van der Waals surface area contributed by atoms with Gasteiger partial charge in [-0.2, -0.15) is 0 Å². The Bertz CT molecular complexity index is 942. The van der Waals surface area contributed by atoms with E-state index in [4.69, 9.17) is 0 Å². The van der Waals surface area contributed by atoms with Gasteiger partial charge in [-0.05, 0) is 55.8 Å². The number of aromatic nitrogens is 3. The Hall–Kier alpha value is -2.81. The van der Waals surface area contributed by atoms with Gasteiger partial charge in [0.25, 0.3) is 0 Å². The SMILES string of the molecule is [CH2]c1ccc(-n2ccc3cc(-n4ccnc4C)ccc32)cc1. The molecule has 0 amide bonds. The molecule has 0 bridgehead atoms. The number of hydrogen-bond acceptors (Lipinski definition) is 1. The molecule has 0 atom stereocenters. The summed E-state index contributed by atoms with van der Waals surface area (Å²) < 4.78 is 4.29. The van der Waals surface area contributed by atoms with E-state index in [-0.39, 0.29) is 0 Å². The summed E-state index contributed by atoms with van der Waals surface area (Å²) in [5, 5.41) is 1.21. The highest BCUT2D eigenvalue weighted by molar-refractivity contribution is 5.84. The lowest BCUT2D eigenvalue weighted by Gasteiger charge is -2.08. The first-order valence-corrected chi connectivity index (χ1v) is 7.26. The molecule has 0 saturated heterocycles. The molecule has 0 aliphatic rings. The summed E-state index contributed by atoms with van der Waals surface area (Å²) in [7, 11) is 0. The van der Waals surface area contributed by atoms with Crippen LogP contribution in [0.1, 0.15) is 11.4 Å². The number of aryl methyl sites for hydroxylation is 1. The smallest absolute Gasteiger partial charge is 0.110 e. The fourth-order valence-electron chi connectivity index (χ4n) is 2.81. The minimum atomic E-state index is 0.991. The molecular weight excluding hydrogens is 270 g/mol. The summed E-state index contributed by atoms with van der Waals surface area (Å²) in [6.07, 6.45) is 5.92. The van der Waals surface area contributed by atoms with Gasteiger partial charge in [0, 0.05) is 35.4 Å². The van der Waals surface area contributed by atoms with E-state index in [1.165, 1.54) is 10.9 Å². The van der Waals surface area contributed by atoms with Crippen molar-refractivity contribution < 1.29 is 0 Å². The number of benzene rings is 2. The quantitative estimate of drug-likeness (QED) is 0.538. The molecule has 1 radical (unpaired) electrons. The average Bonchev–Trinajstić information content (AvgIpc) is 3.13. The molecule has 4 aromatic rings. The summed E-state index contributed by atoms with van der Waals surface area (Å²) >= 11 is 0. The third kappa shape index (κ3) is 2.02. The lowest BCUT2D eigenvalue weighted by Crippen LogP contribution is -1.96. The van der Waals surface area contributed by atoms with Crippen molar-refractivity contribution in [1.82, 2.24) is 14.1 Å². The minimum Gasteiger partial charge on any atom is -0.317 e. The molecule has 0 spiro atoms. The highest BCUT2D eigenvalue weighted by Gasteiger charge is 2.06. The fourth-order valence-corrected chi connectivity index (χ4v) is 2.81. The lowest BCUT2D eigenvalue weighted by molar-refractivity contribution is 0.976. The molecule has 0 aliphatic heterocycles. The van der Waals surface area contributed by atoms with Crippen LogP contribution in [0, 0.1) is 13.8 Å². The van der Waals surface area contributed by atoms with Crippen LogP contribution in [0.5, 0.6) is 0 Å². The second kappa shape index (κ2) is 4.88. The van der Waals surface area contributed by atoms with E-state index >= 15 is 0 Å². The van der Waals surface area contributed by atoms with Crippen molar-refractivity contribution in [3.63, 3.8) is 0 Å². The zero-order chi connectivity index (χ0) is 15.1. The van der Waals surface area contributed by atoms with Gasteiger partial charge in [0.1, 0.15) is 5.82 Å². The summed E-state index contributed by atoms with van der Waals surface area (Å²) in [5.74, 6) is 0.991. The normalized spacial score (nSPS) is 11.2. The molecule has 0 N–H and O–H groups in total. The van der Waals surface area contributed by atoms with Crippen LogP contribution >= 0.6 is 0 Å². The molecule has 2 heterocycles. The van der Waals surface area contributed by atoms with E-state index in [1.54, 1.807) is 0 Å². The van der Waals surface area contributed by atoms with Crippen molar-refractivity contribution in [1.29, 1.82) is 0 Å². The van der Waals surface area contributed by atoms with E-state index in [0.717, 1.165) is 22.8 Å². The highest BCUT2D eigenvalue weighted by atomic mass is 15.1. The maximum Gasteiger partial charge on any atom is 0.110 e.